The third-order valence-corrected chi connectivity index (χ3v) is 8.19. The number of hydroxylamine groups is 2. The van der Waals surface area contributed by atoms with E-state index in [0.29, 0.717) is 37.4 Å². The predicted molar refractivity (Wildman–Crippen MR) is 151 cm³/mol. The molecule has 0 aromatic heterocycles. The average molecular weight is 649 g/mol. The molecule has 16 nitrogen and oxygen atoms in total. The summed E-state index contributed by atoms with van der Waals surface area (Å²) >= 11 is 0. The lowest BCUT2D eigenvalue weighted by molar-refractivity contribution is -0.175. The van der Waals surface area contributed by atoms with Gasteiger partial charge in [-0.3, -0.25) is 14.4 Å². The molecule has 17 heteroatoms. The fraction of sp³-hybridized carbons (Fsp3) is 0.815. The van der Waals surface area contributed by atoms with Gasteiger partial charge in [0, 0.05) is 32.6 Å². The van der Waals surface area contributed by atoms with Crippen molar-refractivity contribution in [1.29, 1.82) is 0 Å². The first-order valence-electron chi connectivity index (χ1n) is 14.7. The van der Waals surface area contributed by atoms with E-state index in [0.717, 1.165) is 0 Å². The molecule has 44 heavy (non-hydrogen) atoms. The molecule has 0 aromatic rings. The van der Waals surface area contributed by atoms with Gasteiger partial charge in [-0.1, -0.05) is 0 Å². The van der Waals surface area contributed by atoms with Crippen LogP contribution in [0, 0.1) is 10.8 Å². The highest BCUT2D eigenvalue weighted by molar-refractivity contribution is 7.81. The van der Waals surface area contributed by atoms with Crippen molar-refractivity contribution in [2.24, 2.45) is 10.8 Å². The molecule has 3 rings (SSSR count). The fourth-order valence-corrected chi connectivity index (χ4v) is 5.66. The Balaban J connectivity index is 1.47. The number of urea groups is 1. The van der Waals surface area contributed by atoms with Crippen molar-refractivity contribution in [1.82, 2.24) is 20.2 Å². The van der Waals surface area contributed by atoms with Crippen molar-refractivity contribution >= 4 is 40.4 Å². The van der Waals surface area contributed by atoms with E-state index in [1.54, 1.807) is 27.7 Å². The number of esters is 2. The summed E-state index contributed by atoms with van der Waals surface area (Å²) < 4.78 is 50.1. The second kappa shape index (κ2) is 13.9. The van der Waals surface area contributed by atoms with Crippen molar-refractivity contribution in [3.05, 3.63) is 0 Å². The second-order valence-electron chi connectivity index (χ2n) is 12.7. The highest BCUT2D eigenvalue weighted by Gasteiger charge is 2.50. The number of hydrogen-bond acceptors (Lipinski definition) is 12. The number of fused-ring (bicyclic) bond motifs is 2. The summed E-state index contributed by atoms with van der Waals surface area (Å²) in [7, 11) is -4.71. The minimum atomic E-state index is -4.71. The Hall–Kier alpha value is -3.18. The monoisotopic (exact) mass is 648 g/mol. The number of amides is 4. The van der Waals surface area contributed by atoms with Crippen molar-refractivity contribution in [3.63, 3.8) is 0 Å². The van der Waals surface area contributed by atoms with Gasteiger partial charge in [0.25, 0.3) is 0 Å². The first-order chi connectivity index (χ1) is 20.3. The van der Waals surface area contributed by atoms with Gasteiger partial charge >= 0.3 is 34.5 Å². The molecule has 0 spiro atoms. The lowest BCUT2D eigenvalue weighted by atomic mass is 9.95. The molecule has 3 atom stereocenters. The van der Waals surface area contributed by atoms with Crippen molar-refractivity contribution in [2.45, 2.75) is 98.6 Å². The normalized spacial score (nSPS) is 22.0. The maximum atomic E-state index is 13.2. The van der Waals surface area contributed by atoms with Crippen LogP contribution in [-0.4, -0.2) is 111 Å². The standard InChI is InChI=1S/C27H44N4O12S/c1-8-39-23(34)27(6,7)16-40-44(37,38)43-31-19-9-10-20(30(15-19)24(31)35)21(32)28-18-11-13-29(14-12-18)25(36)42-17(2)41-22(33)26(3,4)5/h17-20H,8-16H2,1-7H3,(H,28,32)/t17?,19-,20-/m0/s1. The number of rotatable bonds is 11. The number of nitrogens with zero attached hydrogens (tertiary/aromatic N) is 3. The summed E-state index contributed by atoms with van der Waals surface area (Å²) in [5, 5.41) is 3.63. The van der Waals surface area contributed by atoms with E-state index in [9.17, 15) is 32.4 Å². The summed E-state index contributed by atoms with van der Waals surface area (Å²) in [4.78, 5) is 65.5. The van der Waals surface area contributed by atoms with Crippen LogP contribution in [0.5, 0.6) is 0 Å². The van der Waals surface area contributed by atoms with E-state index in [-0.39, 0.29) is 25.6 Å². The zero-order chi connectivity index (χ0) is 33.0. The molecule has 1 N–H and O–H groups in total. The van der Waals surface area contributed by atoms with E-state index in [1.807, 2.05) is 0 Å². The van der Waals surface area contributed by atoms with Crippen LogP contribution in [0.15, 0.2) is 0 Å². The van der Waals surface area contributed by atoms with Crippen LogP contribution in [0.4, 0.5) is 9.59 Å². The number of likely N-dealkylation sites (tertiary alicyclic amines) is 1. The number of piperidine rings is 2. The molecule has 4 amide bonds. The molecule has 250 valence electrons. The number of carbonyl (C=O) groups is 5. The minimum absolute atomic E-state index is 0.0863. The van der Waals surface area contributed by atoms with Crippen LogP contribution in [0.2, 0.25) is 0 Å². The lowest BCUT2D eigenvalue weighted by Crippen LogP contribution is -2.54. The first kappa shape index (κ1) is 35.3. The zero-order valence-electron chi connectivity index (χ0n) is 26.3. The van der Waals surface area contributed by atoms with Gasteiger partial charge in [-0.15, -0.1) is 4.28 Å². The summed E-state index contributed by atoms with van der Waals surface area (Å²) in [5.41, 5.74) is -2.02. The van der Waals surface area contributed by atoms with E-state index in [2.05, 4.69) is 5.32 Å². The number of ether oxygens (including phenoxy) is 3. The smallest absolute Gasteiger partial charge is 0.421 e. The molecule has 0 aliphatic carbocycles. The van der Waals surface area contributed by atoms with Gasteiger partial charge in [-0.2, -0.15) is 13.5 Å². The third kappa shape index (κ3) is 8.94. The summed E-state index contributed by atoms with van der Waals surface area (Å²) in [6.45, 7) is 11.3. The third-order valence-electron chi connectivity index (χ3n) is 7.44. The Morgan fingerprint density at radius 1 is 0.977 bits per heavy atom. The van der Waals surface area contributed by atoms with Gasteiger partial charge in [0.1, 0.15) is 6.04 Å². The quantitative estimate of drug-likeness (QED) is 0.253. The molecule has 3 aliphatic heterocycles. The van der Waals surface area contributed by atoms with Gasteiger partial charge in [-0.25, -0.2) is 13.8 Å². The topological polar surface area (TPSA) is 187 Å². The van der Waals surface area contributed by atoms with Crippen molar-refractivity contribution < 1.29 is 55.1 Å². The SMILES string of the molecule is CCOC(=O)C(C)(C)COS(=O)(=O)ON1C(=O)N2C[C@@H]1CC[C@H]2C(=O)NC1CCN(C(=O)OC(C)OC(=O)C(C)(C)C)CC1. The Kier molecular flexibility index (Phi) is 11.1. The molecule has 3 heterocycles. The van der Waals surface area contributed by atoms with Gasteiger partial charge in [0.2, 0.25) is 12.2 Å². The molecule has 3 aliphatic rings. The largest absolute Gasteiger partial charge is 0.466 e. The summed E-state index contributed by atoms with van der Waals surface area (Å²) in [6, 6.07) is -2.49. The molecular weight excluding hydrogens is 604 g/mol. The molecule has 0 radical (unpaired) electrons. The molecule has 0 saturated carbocycles. The van der Waals surface area contributed by atoms with Gasteiger partial charge in [0.15, 0.2) is 0 Å². The average Bonchev–Trinajstić information content (AvgIpc) is 3.15. The van der Waals surface area contributed by atoms with Gasteiger partial charge < -0.3 is 29.3 Å². The molecular formula is C27H44N4O12S. The molecule has 3 fully saturated rings. The van der Waals surface area contributed by atoms with Crippen LogP contribution >= 0.6 is 0 Å². The van der Waals surface area contributed by atoms with Gasteiger partial charge in [0.05, 0.1) is 30.1 Å². The van der Waals surface area contributed by atoms with E-state index >= 15 is 0 Å². The lowest BCUT2D eigenvalue weighted by Gasteiger charge is -2.35. The molecule has 3 saturated heterocycles. The van der Waals surface area contributed by atoms with Crippen LogP contribution in [-0.2, 0) is 47.5 Å². The Labute approximate surface area is 257 Å². The Morgan fingerprint density at radius 2 is 1.61 bits per heavy atom. The van der Waals surface area contributed by atoms with Crippen LogP contribution in [0.3, 0.4) is 0 Å². The summed E-state index contributed by atoms with van der Waals surface area (Å²) in [5.74, 6) is -1.54. The molecule has 0 aromatic carbocycles. The second-order valence-corrected chi connectivity index (χ2v) is 13.9. The number of hydrogen-bond donors (Lipinski definition) is 1. The van der Waals surface area contributed by atoms with E-state index in [1.165, 1.54) is 30.6 Å². The van der Waals surface area contributed by atoms with Crippen LogP contribution in [0.25, 0.3) is 0 Å². The molecule has 1 unspecified atom stereocenters. The Morgan fingerprint density at radius 3 is 2.20 bits per heavy atom. The van der Waals surface area contributed by atoms with E-state index in [4.69, 9.17) is 22.7 Å². The highest BCUT2D eigenvalue weighted by atomic mass is 32.3. The predicted octanol–water partition coefficient (Wildman–Crippen LogP) is 1.69. The maximum absolute atomic E-state index is 13.2. The van der Waals surface area contributed by atoms with Crippen molar-refractivity contribution in [3.8, 4) is 0 Å². The van der Waals surface area contributed by atoms with Crippen molar-refractivity contribution in [2.75, 3.05) is 32.8 Å². The maximum Gasteiger partial charge on any atom is 0.421 e. The molecule has 2 bridgehead atoms. The number of nitrogens with one attached hydrogen (secondary N) is 1. The zero-order valence-corrected chi connectivity index (χ0v) is 27.1. The fourth-order valence-electron chi connectivity index (χ4n) is 4.80. The highest BCUT2D eigenvalue weighted by Crippen LogP contribution is 2.32. The van der Waals surface area contributed by atoms with Crippen LogP contribution in [0.1, 0.15) is 74.1 Å². The van der Waals surface area contributed by atoms with E-state index < -0.39 is 76.2 Å². The van der Waals surface area contributed by atoms with Crippen LogP contribution < -0.4 is 5.32 Å². The van der Waals surface area contributed by atoms with Gasteiger partial charge in [-0.05, 0) is 67.2 Å². The number of carbonyl (C=O) groups excluding carboxylic acids is 5. The minimum Gasteiger partial charge on any atom is -0.466 e. The Bertz CT molecular complexity index is 1210. The first-order valence-corrected chi connectivity index (χ1v) is 16.0. The summed E-state index contributed by atoms with van der Waals surface area (Å²) in [6.07, 6.45) is -0.211.